The second-order valence-electron chi connectivity index (χ2n) is 12.9. The molecule has 0 rings (SSSR count). The summed E-state index contributed by atoms with van der Waals surface area (Å²) in [5.41, 5.74) is 0. The number of unbranched alkanes of at least 4 members (excludes halogenated alkanes) is 13. The molecule has 8 nitrogen and oxygen atoms in total. The molecule has 0 saturated carbocycles. The van der Waals surface area contributed by atoms with Gasteiger partial charge in [0.25, 0.3) is 0 Å². The molecule has 0 radical (unpaired) electrons. The van der Waals surface area contributed by atoms with E-state index in [-0.39, 0.29) is 19.4 Å². The van der Waals surface area contributed by atoms with Gasteiger partial charge in [0.2, 0.25) is 0 Å². The van der Waals surface area contributed by atoms with Crippen LogP contribution in [-0.2, 0) is 28.2 Å². The first-order chi connectivity index (χ1) is 24.8. The molecule has 0 heterocycles. The number of esters is 2. The minimum absolute atomic E-state index is 0.139. The lowest BCUT2D eigenvalue weighted by molar-refractivity contribution is -0.161. The predicted molar refractivity (Wildman–Crippen MR) is 211 cm³/mol. The summed E-state index contributed by atoms with van der Waals surface area (Å²) in [5, 5.41) is 0. The average molecular weight is 735 g/mol. The fraction of sp³-hybridized carbons (Fsp3) is 0.667. The number of ether oxygens (including phenoxy) is 2. The molecule has 0 saturated heterocycles. The van der Waals surface area contributed by atoms with Gasteiger partial charge in [0.1, 0.15) is 6.61 Å². The van der Waals surface area contributed by atoms with Crippen molar-refractivity contribution in [2.45, 2.75) is 168 Å². The highest BCUT2D eigenvalue weighted by Crippen LogP contribution is 2.36. The summed E-state index contributed by atoms with van der Waals surface area (Å²) in [6.45, 7) is 3.56. The lowest BCUT2D eigenvalue weighted by Crippen LogP contribution is -2.29. The summed E-state index contributed by atoms with van der Waals surface area (Å²) >= 11 is 0. The first-order valence-electron chi connectivity index (χ1n) is 19.7. The van der Waals surface area contributed by atoms with Crippen molar-refractivity contribution in [3.63, 3.8) is 0 Å². The molecule has 0 aliphatic heterocycles. The Labute approximate surface area is 310 Å². The van der Waals surface area contributed by atoms with Crippen LogP contribution >= 0.6 is 7.82 Å². The number of rotatable bonds is 35. The van der Waals surface area contributed by atoms with Crippen LogP contribution in [0.4, 0.5) is 0 Å². The number of phosphoric ester groups is 1. The molecular weight excluding hydrogens is 663 g/mol. The van der Waals surface area contributed by atoms with E-state index in [2.05, 4.69) is 79.1 Å². The molecule has 2 N–H and O–H groups in total. The summed E-state index contributed by atoms with van der Waals surface area (Å²) < 4.78 is 26.2. The molecular formula is C42H71O8P. The third-order valence-electron chi connectivity index (χ3n) is 7.96. The second-order valence-corrected chi connectivity index (χ2v) is 14.1. The second kappa shape index (κ2) is 37.3. The molecule has 0 fully saturated rings. The van der Waals surface area contributed by atoms with Gasteiger partial charge in [-0.3, -0.25) is 14.1 Å². The Hall–Kier alpha value is -2.51. The molecule has 0 aromatic rings. The number of phosphoric acid groups is 1. The first kappa shape index (κ1) is 48.5. The van der Waals surface area contributed by atoms with E-state index in [4.69, 9.17) is 19.3 Å². The Kier molecular flexibility index (Phi) is 35.4. The summed E-state index contributed by atoms with van der Waals surface area (Å²) in [4.78, 5) is 42.7. The molecule has 9 heteroatoms. The van der Waals surface area contributed by atoms with Crippen LogP contribution in [0.5, 0.6) is 0 Å². The van der Waals surface area contributed by atoms with Gasteiger partial charge in [0.05, 0.1) is 6.61 Å². The smallest absolute Gasteiger partial charge is 0.462 e. The van der Waals surface area contributed by atoms with Gasteiger partial charge in [0, 0.05) is 12.8 Å². The molecule has 51 heavy (non-hydrogen) atoms. The topological polar surface area (TPSA) is 119 Å². The maximum absolute atomic E-state index is 12.4. The third kappa shape index (κ3) is 40.1. The minimum Gasteiger partial charge on any atom is -0.462 e. The lowest BCUT2D eigenvalue weighted by Gasteiger charge is -2.18. The van der Waals surface area contributed by atoms with Crippen LogP contribution in [0.15, 0.2) is 72.9 Å². The standard InChI is InChI=1S/C42H71O8P/c1-3-5-7-9-11-13-15-17-19-20-21-22-23-25-26-28-30-32-34-36-41(43)48-38-40(39-49-51(45,46)47)50-42(44)37-35-33-31-29-27-24-18-16-14-12-10-8-6-4-2/h11,13,16-19,21-22,25-26,30,32,40H,3-10,12,14-15,20,23-24,27-29,31,33-39H2,1-2H3,(H2,45,46,47)/b13-11+,18-16+,19-17+,22-21+,26-25+,32-30+/t40-/m1/s1. The molecule has 0 aromatic carbocycles. The first-order valence-corrected chi connectivity index (χ1v) is 21.3. The van der Waals surface area contributed by atoms with Crippen molar-refractivity contribution in [2.75, 3.05) is 13.2 Å². The van der Waals surface area contributed by atoms with E-state index in [1.807, 2.05) is 12.2 Å². The zero-order valence-corrected chi connectivity index (χ0v) is 32.9. The Morgan fingerprint density at radius 2 is 0.922 bits per heavy atom. The van der Waals surface area contributed by atoms with Gasteiger partial charge < -0.3 is 19.3 Å². The Morgan fingerprint density at radius 1 is 0.510 bits per heavy atom. The van der Waals surface area contributed by atoms with Crippen molar-refractivity contribution in [3.05, 3.63) is 72.9 Å². The van der Waals surface area contributed by atoms with Gasteiger partial charge in [-0.15, -0.1) is 0 Å². The van der Waals surface area contributed by atoms with Crippen molar-refractivity contribution < 1.29 is 37.9 Å². The Morgan fingerprint density at radius 3 is 1.45 bits per heavy atom. The molecule has 1 atom stereocenters. The van der Waals surface area contributed by atoms with Crippen LogP contribution in [0.2, 0.25) is 0 Å². The summed E-state index contributed by atoms with van der Waals surface area (Å²) in [5.74, 6) is -0.997. The normalized spacial score (nSPS) is 13.3. The zero-order chi connectivity index (χ0) is 37.5. The molecule has 0 aliphatic carbocycles. The van der Waals surface area contributed by atoms with E-state index in [1.165, 1.54) is 57.8 Å². The molecule has 0 aliphatic rings. The van der Waals surface area contributed by atoms with Gasteiger partial charge in [-0.25, -0.2) is 4.57 Å². The lowest BCUT2D eigenvalue weighted by atomic mass is 10.1. The van der Waals surface area contributed by atoms with E-state index in [0.29, 0.717) is 12.8 Å². The largest absolute Gasteiger partial charge is 0.469 e. The molecule has 0 unspecified atom stereocenters. The fourth-order valence-corrected chi connectivity index (χ4v) is 5.36. The van der Waals surface area contributed by atoms with Crippen molar-refractivity contribution in [1.82, 2.24) is 0 Å². The molecule has 0 amide bonds. The van der Waals surface area contributed by atoms with Gasteiger partial charge in [-0.1, -0.05) is 145 Å². The van der Waals surface area contributed by atoms with Crippen molar-refractivity contribution in [3.8, 4) is 0 Å². The maximum Gasteiger partial charge on any atom is 0.469 e. The fourth-order valence-electron chi connectivity index (χ4n) is 5.00. The van der Waals surface area contributed by atoms with E-state index in [9.17, 15) is 14.2 Å². The molecule has 292 valence electrons. The van der Waals surface area contributed by atoms with Gasteiger partial charge in [0.15, 0.2) is 6.10 Å². The summed E-state index contributed by atoms with van der Waals surface area (Å²) in [6, 6.07) is 0. The molecule has 0 aromatic heterocycles. The number of carbonyl (C=O) groups excluding carboxylic acids is 2. The minimum atomic E-state index is -4.77. The molecule has 0 bridgehead atoms. The van der Waals surface area contributed by atoms with E-state index >= 15 is 0 Å². The number of hydrogen-bond acceptors (Lipinski definition) is 6. The highest BCUT2D eigenvalue weighted by molar-refractivity contribution is 7.46. The zero-order valence-electron chi connectivity index (χ0n) is 32.0. The Balaban J connectivity index is 4.11. The van der Waals surface area contributed by atoms with Crippen molar-refractivity contribution in [1.29, 1.82) is 0 Å². The summed E-state index contributed by atoms with van der Waals surface area (Å²) in [6.07, 6.45) is 47.7. The van der Waals surface area contributed by atoms with E-state index in [0.717, 1.165) is 64.2 Å². The highest BCUT2D eigenvalue weighted by Gasteiger charge is 2.22. The average Bonchev–Trinajstić information content (AvgIpc) is 3.10. The highest BCUT2D eigenvalue weighted by atomic mass is 31.2. The van der Waals surface area contributed by atoms with Crippen LogP contribution < -0.4 is 0 Å². The number of allylic oxidation sites excluding steroid dienone is 12. The maximum atomic E-state index is 12.4. The van der Waals surface area contributed by atoms with E-state index in [1.54, 1.807) is 0 Å². The van der Waals surface area contributed by atoms with Gasteiger partial charge >= 0.3 is 19.8 Å². The monoisotopic (exact) mass is 734 g/mol. The molecule has 0 spiro atoms. The van der Waals surface area contributed by atoms with Crippen LogP contribution in [0.25, 0.3) is 0 Å². The van der Waals surface area contributed by atoms with Crippen LogP contribution in [0, 0.1) is 0 Å². The number of hydrogen-bond donors (Lipinski definition) is 2. The quantitative estimate of drug-likeness (QED) is 0.0286. The van der Waals surface area contributed by atoms with E-state index < -0.39 is 32.5 Å². The van der Waals surface area contributed by atoms with Crippen LogP contribution in [0.1, 0.15) is 162 Å². The third-order valence-corrected chi connectivity index (χ3v) is 8.45. The number of carbonyl (C=O) groups is 2. The van der Waals surface area contributed by atoms with Crippen LogP contribution in [0.3, 0.4) is 0 Å². The van der Waals surface area contributed by atoms with Gasteiger partial charge in [-0.05, 0) is 77.0 Å². The Bertz CT molecular complexity index is 1050. The predicted octanol–water partition coefficient (Wildman–Crippen LogP) is 11.9. The van der Waals surface area contributed by atoms with Crippen molar-refractivity contribution >= 4 is 19.8 Å². The van der Waals surface area contributed by atoms with Crippen LogP contribution in [-0.4, -0.2) is 41.0 Å². The van der Waals surface area contributed by atoms with Gasteiger partial charge in [-0.2, -0.15) is 0 Å². The van der Waals surface area contributed by atoms with Crippen molar-refractivity contribution in [2.24, 2.45) is 0 Å². The SMILES string of the molecule is CCCCC/C=C/C/C=C/C/C=C/C/C=C/C/C=C/CCC(=O)OC[C@H](COP(=O)(O)O)OC(=O)CCCCCCC/C=C/CCCCCCC. The summed E-state index contributed by atoms with van der Waals surface area (Å²) in [7, 11) is -4.77.